The van der Waals surface area contributed by atoms with E-state index in [0.29, 0.717) is 25.1 Å². The van der Waals surface area contributed by atoms with Crippen LogP contribution in [0.25, 0.3) is 0 Å². The molecular weight excluding hydrogens is 250 g/mol. The summed E-state index contributed by atoms with van der Waals surface area (Å²) in [5.41, 5.74) is 0.320. The van der Waals surface area contributed by atoms with Gasteiger partial charge in [0.2, 0.25) is 5.91 Å². The third-order valence-corrected chi connectivity index (χ3v) is 3.56. The van der Waals surface area contributed by atoms with Gasteiger partial charge >= 0.3 is 0 Å². The molecule has 1 aliphatic rings. The van der Waals surface area contributed by atoms with E-state index in [2.05, 4.69) is 5.32 Å². The lowest BCUT2D eigenvalue weighted by Crippen LogP contribution is -2.34. The van der Waals surface area contributed by atoms with Crippen molar-refractivity contribution >= 4 is 5.91 Å². The van der Waals surface area contributed by atoms with Gasteiger partial charge in [-0.3, -0.25) is 4.79 Å². The predicted octanol–water partition coefficient (Wildman–Crippen LogP) is 1.75. The van der Waals surface area contributed by atoms with Crippen molar-refractivity contribution in [3.05, 3.63) is 35.4 Å². The fraction of sp³-hybridized carbons (Fsp3) is 0.500. The number of carbonyl (C=O) groups excluding carboxylic acids is 1. The van der Waals surface area contributed by atoms with E-state index in [0.717, 1.165) is 6.07 Å². The van der Waals surface area contributed by atoms with E-state index in [4.69, 9.17) is 0 Å². The lowest BCUT2D eigenvalue weighted by atomic mass is 10.1. The number of carbonyl (C=O) groups is 1. The molecule has 1 aromatic rings. The molecule has 0 aliphatic heterocycles. The Labute approximate surface area is 111 Å². The first-order valence-corrected chi connectivity index (χ1v) is 6.39. The van der Waals surface area contributed by atoms with E-state index in [1.165, 1.54) is 6.07 Å². The van der Waals surface area contributed by atoms with Crippen molar-refractivity contribution in [3.63, 3.8) is 0 Å². The molecule has 5 heteroatoms. The van der Waals surface area contributed by atoms with E-state index < -0.39 is 11.6 Å². The van der Waals surface area contributed by atoms with Gasteiger partial charge in [-0.15, -0.1) is 0 Å². The Morgan fingerprint density at radius 2 is 2.21 bits per heavy atom. The van der Waals surface area contributed by atoms with Gasteiger partial charge in [0.1, 0.15) is 0 Å². The van der Waals surface area contributed by atoms with Gasteiger partial charge in [-0.2, -0.15) is 0 Å². The standard InChI is InChI=1S/C14H18F2N2O/c1-17-6-7-18(2)14(19)11-8-10(11)9-4-3-5-12(15)13(9)16/h3-5,10-11,17H,6-8H2,1-2H3. The van der Waals surface area contributed by atoms with Crippen LogP contribution in [0.3, 0.4) is 0 Å². The van der Waals surface area contributed by atoms with Crippen molar-refractivity contribution in [3.8, 4) is 0 Å². The van der Waals surface area contributed by atoms with Crippen molar-refractivity contribution in [1.29, 1.82) is 0 Å². The second-order valence-corrected chi connectivity index (χ2v) is 4.96. The maximum atomic E-state index is 13.6. The largest absolute Gasteiger partial charge is 0.344 e. The summed E-state index contributed by atoms with van der Waals surface area (Å²) in [4.78, 5) is 13.7. The SMILES string of the molecule is CNCCN(C)C(=O)C1CC1c1cccc(F)c1F. The smallest absolute Gasteiger partial charge is 0.226 e. The number of hydrogen-bond acceptors (Lipinski definition) is 2. The molecule has 1 fully saturated rings. The molecule has 3 nitrogen and oxygen atoms in total. The number of amides is 1. The third-order valence-electron chi connectivity index (χ3n) is 3.56. The summed E-state index contributed by atoms with van der Waals surface area (Å²) >= 11 is 0. The molecule has 0 bridgehead atoms. The van der Waals surface area contributed by atoms with Gasteiger partial charge < -0.3 is 10.2 Å². The number of nitrogens with zero attached hydrogens (tertiary/aromatic N) is 1. The topological polar surface area (TPSA) is 32.3 Å². The van der Waals surface area contributed by atoms with E-state index in [1.54, 1.807) is 18.0 Å². The fourth-order valence-electron chi connectivity index (χ4n) is 2.29. The van der Waals surface area contributed by atoms with Crippen LogP contribution in [0.5, 0.6) is 0 Å². The zero-order valence-electron chi connectivity index (χ0n) is 11.1. The molecule has 0 saturated heterocycles. The van der Waals surface area contributed by atoms with Crippen LogP contribution in [0.15, 0.2) is 18.2 Å². The fourth-order valence-corrected chi connectivity index (χ4v) is 2.29. The Hall–Kier alpha value is -1.49. The van der Waals surface area contributed by atoms with Gasteiger partial charge in [0.15, 0.2) is 11.6 Å². The number of hydrogen-bond donors (Lipinski definition) is 1. The third kappa shape index (κ3) is 2.92. The average molecular weight is 268 g/mol. The molecule has 0 aromatic heterocycles. The lowest BCUT2D eigenvalue weighted by molar-refractivity contribution is -0.131. The number of likely N-dealkylation sites (N-methyl/N-ethyl adjacent to an activating group) is 2. The van der Waals surface area contributed by atoms with Crippen LogP contribution in [0, 0.1) is 17.6 Å². The normalized spacial score (nSPS) is 21.3. The Balaban J connectivity index is 2.00. The van der Waals surface area contributed by atoms with Gasteiger partial charge in [0, 0.05) is 26.1 Å². The molecular formula is C14H18F2N2O. The van der Waals surface area contributed by atoms with Crippen LogP contribution in [0.4, 0.5) is 8.78 Å². The molecule has 0 radical (unpaired) electrons. The molecule has 104 valence electrons. The Bertz CT molecular complexity index is 479. The first kappa shape index (κ1) is 13.9. The highest BCUT2D eigenvalue weighted by Crippen LogP contribution is 2.49. The Morgan fingerprint density at radius 3 is 2.89 bits per heavy atom. The molecule has 1 N–H and O–H groups in total. The minimum atomic E-state index is -0.848. The zero-order chi connectivity index (χ0) is 14.0. The second-order valence-electron chi connectivity index (χ2n) is 4.96. The lowest BCUT2D eigenvalue weighted by Gasteiger charge is -2.17. The molecule has 2 rings (SSSR count). The summed E-state index contributed by atoms with van der Waals surface area (Å²) < 4.78 is 26.8. The number of halogens is 2. The quantitative estimate of drug-likeness (QED) is 0.882. The van der Waals surface area contributed by atoms with Crippen molar-refractivity contribution in [2.75, 3.05) is 27.2 Å². The van der Waals surface area contributed by atoms with E-state index in [1.807, 2.05) is 7.05 Å². The van der Waals surface area contributed by atoms with Crippen LogP contribution in [-0.2, 0) is 4.79 Å². The summed E-state index contributed by atoms with van der Waals surface area (Å²) in [6.45, 7) is 1.33. The summed E-state index contributed by atoms with van der Waals surface area (Å²) in [7, 11) is 3.55. The second kappa shape index (κ2) is 5.65. The highest BCUT2D eigenvalue weighted by Gasteiger charge is 2.46. The monoisotopic (exact) mass is 268 g/mol. The zero-order valence-corrected chi connectivity index (χ0v) is 11.1. The van der Waals surface area contributed by atoms with Gasteiger partial charge in [0.25, 0.3) is 0 Å². The van der Waals surface area contributed by atoms with Crippen LogP contribution in [0.1, 0.15) is 17.9 Å². The van der Waals surface area contributed by atoms with Crippen LogP contribution in [0.2, 0.25) is 0 Å². The molecule has 19 heavy (non-hydrogen) atoms. The maximum absolute atomic E-state index is 13.6. The van der Waals surface area contributed by atoms with Gasteiger partial charge in [-0.05, 0) is 31.0 Å². The summed E-state index contributed by atoms with van der Waals surface area (Å²) in [5, 5.41) is 2.97. The van der Waals surface area contributed by atoms with Crippen LogP contribution in [-0.4, -0.2) is 38.0 Å². The molecule has 0 heterocycles. The van der Waals surface area contributed by atoms with E-state index in [9.17, 15) is 13.6 Å². The highest BCUT2D eigenvalue weighted by molar-refractivity contribution is 5.82. The van der Waals surface area contributed by atoms with Crippen molar-refractivity contribution in [2.45, 2.75) is 12.3 Å². The first-order valence-electron chi connectivity index (χ1n) is 6.39. The number of benzene rings is 1. The van der Waals surface area contributed by atoms with E-state index in [-0.39, 0.29) is 17.7 Å². The number of nitrogens with one attached hydrogen (secondary N) is 1. The molecule has 1 aromatic carbocycles. The van der Waals surface area contributed by atoms with Gasteiger partial charge in [-0.25, -0.2) is 8.78 Å². The average Bonchev–Trinajstić information content (AvgIpc) is 3.18. The van der Waals surface area contributed by atoms with Crippen molar-refractivity contribution in [2.24, 2.45) is 5.92 Å². The minimum absolute atomic E-state index is 0.00362. The van der Waals surface area contributed by atoms with E-state index >= 15 is 0 Å². The van der Waals surface area contributed by atoms with Crippen molar-refractivity contribution < 1.29 is 13.6 Å². The maximum Gasteiger partial charge on any atom is 0.226 e. The first-order chi connectivity index (χ1) is 9.06. The van der Waals surface area contributed by atoms with Gasteiger partial charge in [0.05, 0.1) is 0 Å². The van der Waals surface area contributed by atoms with Crippen LogP contribution >= 0.6 is 0 Å². The minimum Gasteiger partial charge on any atom is -0.344 e. The van der Waals surface area contributed by atoms with Crippen LogP contribution < -0.4 is 5.32 Å². The molecule has 1 saturated carbocycles. The summed E-state index contributed by atoms with van der Waals surface area (Å²) in [6, 6.07) is 4.14. The molecule has 2 unspecified atom stereocenters. The summed E-state index contributed by atoms with van der Waals surface area (Å²) in [6.07, 6.45) is 0.600. The number of rotatable bonds is 5. The predicted molar refractivity (Wildman–Crippen MR) is 68.8 cm³/mol. The Kier molecular flexibility index (Phi) is 4.14. The summed E-state index contributed by atoms with van der Waals surface area (Å²) in [5.74, 6) is -2.05. The molecule has 2 atom stereocenters. The van der Waals surface area contributed by atoms with Gasteiger partial charge in [-0.1, -0.05) is 12.1 Å². The van der Waals surface area contributed by atoms with Crippen molar-refractivity contribution in [1.82, 2.24) is 10.2 Å². The molecule has 1 amide bonds. The highest BCUT2D eigenvalue weighted by atomic mass is 19.2. The molecule has 1 aliphatic carbocycles. The Morgan fingerprint density at radius 1 is 1.47 bits per heavy atom. The molecule has 0 spiro atoms.